The first-order chi connectivity index (χ1) is 3.89. The van der Waals surface area contributed by atoms with E-state index in [2.05, 4.69) is 32.1 Å². The van der Waals surface area contributed by atoms with Gasteiger partial charge in [-0.1, -0.05) is 6.92 Å². The number of hydrogen-bond acceptors (Lipinski definition) is 0. The first-order valence-corrected chi connectivity index (χ1v) is 2.84. The third-order valence-corrected chi connectivity index (χ3v) is 0.867. The molecule has 0 aromatic carbocycles. The standard InChI is InChI=1S/C6H7.C2H5.V/c1-6-4-2-3-5-6;1-2;/h2,4H,3H2,1H3;1H2,2H3;/q2*-1;+2. The van der Waals surface area contributed by atoms with Gasteiger partial charge in [-0.05, 0) is 0 Å². The maximum absolute atomic E-state index is 3.25. The van der Waals surface area contributed by atoms with Crippen LogP contribution in [-0.2, 0) is 18.6 Å². The normalized spacial score (nSPS) is 13.0. The van der Waals surface area contributed by atoms with Gasteiger partial charge in [0.15, 0.2) is 0 Å². The van der Waals surface area contributed by atoms with E-state index in [1.807, 2.05) is 0 Å². The van der Waals surface area contributed by atoms with E-state index in [1.165, 1.54) is 5.57 Å². The third kappa shape index (κ3) is 5.94. The molecule has 0 atom stereocenters. The summed E-state index contributed by atoms with van der Waals surface area (Å²) >= 11 is 0. The predicted octanol–water partition coefficient (Wildman–Crippen LogP) is 2.53. The molecule has 0 unspecified atom stereocenters. The minimum absolute atomic E-state index is 0. The Hall–Kier alpha value is 0.0644. The van der Waals surface area contributed by atoms with Gasteiger partial charge in [-0.3, -0.25) is 6.08 Å². The summed E-state index contributed by atoms with van der Waals surface area (Å²) in [5, 5.41) is 0. The fraction of sp³-hybridized carbons (Fsp3) is 0.375. The average Bonchev–Trinajstić information content (AvgIpc) is 2.24. The van der Waals surface area contributed by atoms with Crippen LogP contribution in [0.15, 0.2) is 17.7 Å². The van der Waals surface area contributed by atoms with Crippen molar-refractivity contribution in [1.29, 1.82) is 0 Å². The largest absolute Gasteiger partial charge is 2.00 e. The zero-order chi connectivity index (χ0) is 6.41. The summed E-state index contributed by atoms with van der Waals surface area (Å²) in [5.74, 6) is 0. The molecule has 1 aliphatic carbocycles. The molecule has 0 heterocycles. The van der Waals surface area contributed by atoms with Crippen molar-refractivity contribution in [3.63, 3.8) is 0 Å². The molecule has 1 radical (unpaired) electrons. The smallest absolute Gasteiger partial charge is 0.346 e. The van der Waals surface area contributed by atoms with Crippen molar-refractivity contribution in [2.45, 2.75) is 20.3 Å². The number of allylic oxidation sites excluding steroid dienone is 4. The van der Waals surface area contributed by atoms with Crippen LogP contribution in [0.25, 0.3) is 0 Å². The second-order valence-electron chi connectivity index (χ2n) is 1.47. The van der Waals surface area contributed by atoms with Crippen LogP contribution < -0.4 is 0 Å². The van der Waals surface area contributed by atoms with E-state index in [4.69, 9.17) is 0 Å². The van der Waals surface area contributed by atoms with Crippen LogP contribution in [0.3, 0.4) is 0 Å². The Balaban J connectivity index is 0. The molecule has 1 heteroatoms. The quantitative estimate of drug-likeness (QED) is 0.476. The van der Waals surface area contributed by atoms with Crippen molar-refractivity contribution in [2.24, 2.45) is 0 Å². The molecule has 0 bridgehead atoms. The van der Waals surface area contributed by atoms with Gasteiger partial charge in [-0.15, -0.1) is 6.42 Å². The van der Waals surface area contributed by atoms with E-state index >= 15 is 0 Å². The molecule has 0 N–H and O–H groups in total. The molecule has 0 saturated heterocycles. The Morgan fingerprint density at radius 3 is 2.22 bits per heavy atom. The Morgan fingerprint density at radius 2 is 2.11 bits per heavy atom. The molecule has 0 aromatic rings. The third-order valence-electron chi connectivity index (χ3n) is 0.867. The van der Waals surface area contributed by atoms with Gasteiger partial charge in [-0.25, -0.2) is 11.6 Å². The zero-order valence-electron chi connectivity index (χ0n) is 6.02. The van der Waals surface area contributed by atoms with E-state index < -0.39 is 0 Å². The van der Waals surface area contributed by atoms with Gasteiger partial charge >= 0.3 is 18.6 Å². The van der Waals surface area contributed by atoms with Gasteiger partial charge in [0.1, 0.15) is 0 Å². The van der Waals surface area contributed by atoms with Gasteiger partial charge in [0.25, 0.3) is 0 Å². The maximum atomic E-state index is 3.25. The van der Waals surface area contributed by atoms with Crippen LogP contribution in [-0.4, -0.2) is 0 Å². The predicted molar refractivity (Wildman–Crippen MR) is 37.2 cm³/mol. The van der Waals surface area contributed by atoms with Crippen molar-refractivity contribution in [3.05, 3.63) is 30.7 Å². The Kier molecular flexibility index (Phi) is 10.6. The van der Waals surface area contributed by atoms with Crippen molar-refractivity contribution < 1.29 is 18.6 Å². The van der Waals surface area contributed by atoms with E-state index in [-0.39, 0.29) is 18.6 Å². The minimum Gasteiger partial charge on any atom is -0.346 e. The van der Waals surface area contributed by atoms with Gasteiger partial charge in [0.2, 0.25) is 0 Å². The number of hydrogen-bond donors (Lipinski definition) is 0. The van der Waals surface area contributed by atoms with E-state index in [0.717, 1.165) is 6.42 Å². The molecule has 0 spiro atoms. The number of rotatable bonds is 0. The average molecular weight is 159 g/mol. The van der Waals surface area contributed by atoms with Crippen LogP contribution in [0.4, 0.5) is 0 Å². The minimum atomic E-state index is 0. The fourth-order valence-corrected chi connectivity index (χ4v) is 0.515. The summed E-state index contributed by atoms with van der Waals surface area (Å²) in [6.45, 7) is 7.06. The summed E-state index contributed by atoms with van der Waals surface area (Å²) in [6, 6.07) is 0. The Bertz CT molecular complexity index is 98.4. The molecule has 1 aliphatic rings. The Morgan fingerprint density at radius 1 is 1.56 bits per heavy atom. The first-order valence-electron chi connectivity index (χ1n) is 2.84. The topological polar surface area (TPSA) is 0 Å². The Labute approximate surface area is 69.9 Å². The van der Waals surface area contributed by atoms with Crippen LogP contribution in [0.2, 0.25) is 0 Å². The van der Waals surface area contributed by atoms with Crippen molar-refractivity contribution in [3.8, 4) is 0 Å². The molecule has 1 rings (SSSR count). The van der Waals surface area contributed by atoms with Gasteiger partial charge in [0, 0.05) is 0 Å². The molecule has 0 saturated carbocycles. The molecular formula is C8H12V. The van der Waals surface area contributed by atoms with Crippen LogP contribution in [0.1, 0.15) is 20.3 Å². The summed E-state index contributed by atoms with van der Waals surface area (Å²) in [4.78, 5) is 0. The second kappa shape index (κ2) is 8.06. The van der Waals surface area contributed by atoms with Crippen LogP contribution in [0, 0.1) is 13.0 Å². The van der Waals surface area contributed by atoms with Crippen molar-refractivity contribution in [1.82, 2.24) is 0 Å². The zero-order valence-corrected chi connectivity index (χ0v) is 7.41. The summed E-state index contributed by atoms with van der Waals surface area (Å²) < 4.78 is 0. The summed E-state index contributed by atoms with van der Waals surface area (Å²) in [5.41, 5.74) is 1.27. The molecule has 49 valence electrons. The van der Waals surface area contributed by atoms with Gasteiger partial charge in [-0.2, -0.15) is 13.0 Å². The van der Waals surface area contributed by atoms with E-state index in [0.29, 0.717) is 0 Å². The second-order valence-corrected chi connectivity index (χ2v) is 1.47. The molecule has 0 amide bonds. The summed E-state index contributed by atoms with van der Waals surface area (Å²) in [6.07, 6.45) is 8.33. The maximum Gasteiger partial charge on any atom is 2.00 e. The SMILES string of the molecule is CC1=[C-]CC=C1.[CH2-]C.[V+2]. The van der Waals surface area contributed by atoms with Gasteiger partial charge < -0.3 is 6.92 Å². The van der Waals surface area contributed by atoms with Crippen molar-refractivity contribution in [2.75, 3.05) is 0 Å². The summed E-state index contributed by atoms with van der Waals surface area (Å²) in [7, 11) is 0. The molecule has 0 fully saturated rings. The molecular weight excluding hydrogens is 147 g/mol. The fourth-order valence-electron chi connectivity index (χ4n) is 0.515. The molecule has 0 aromatic heterocycles. The molecule has 9 heavy (non-hydrogen) atoms. The van der Waals surface area contributed by atoms with E-state index in [1.54, 1.807) is 6.92 Å². The van der Waals surface area contributed by atoms with Crippen molar-refractivity contribution >= 4 is 0 Å². The first kappa shape index (κ1) is 11.8. The van der Waals surface area contributed by atoms with E-state index in [9.17, 15) is 0 Å². The molecule has 0 aliphatic heterocycles. The van der Waals surface area contributed by atoms with Crippen LogP contribution in [0.5, 0.6) is 0 Å². The van der Waals surface area contributed by atoms with Crippen LogP contribution >= 0.6 is 0 Å². The van der Waals surface area contributed by atoms with Gasteiger partial charge in [0.05, 0.1) is 0 Å². The monoisotopic (exact) mass is 159 g/mol. The molecule has 0 nitrogen and oxygen atoms in total.